The third kappa shape index (κ3) is 4.86. The molecule has 1 fully saturated rings. The van der Waals surface area contributed by atoms with Crippen LogP contribution in [0.15, 0.2) is 36.4 Å². The van der Waals surface area contributed by atoms with Crippen LogP contribution in [0.1, 0.15) is 67.8 Å². The van der Waals surface area contributed by atoms with Crippen molar-refractivity contribution in [1.29, 1.82) is 0 Å². The molecule has 1 aliphatic rings. The van der Waals surface area contributed by atoms with Gasteiger partial charge in [0.05, 0.1) is 16.9 Å². The number of benzene rings is 1. The fourth-order valence-corrected chi connectivity index (χ4v) is 3.70. The lowest BCUT2D eigenvalue weighted by Gasteiger charge is -2.24. The molecule has 1 saturated carbocycles. The van der Waals surface area contributed by atoms with Gasteiger partial charge in [-0.05, 0) is 82.9 Å². The molecule has 164 valence electrons. The zero-order valence-electron chi connectivity index (χ0n) is 18.7. The molecule has 1 N–H and O–H groups in total. The predicted molar refractivity (Wildman–Crippen MR) is 118 cm³/mol. The maximum absolute atomic E-state index is 13.1. The highest BCUT2D eigenvalue weighted by atomic mass is 19.1. The molecule has 0 saturated heterocycles. The highest BCUT2D eigenvalue weighted by molar-refractivity contribution is 5.92. The molecule has 0 spiro atoms. The average molecular weight is 424 g/mol. The van der Waals surface area contributed by atoms with Gasteiger partial charge in [-0.2, -0.15) is 10.2 Å². The van der Waals surface area contributed by atoms with E-state index in [1.165, 1.54) is 12.1 Å². The van der Waals surface area contributed by atoms with Crippen molar-refractivity contribution in [2.24, 2.45) is 0 Å². The molecule has 0 unspecified atom stereocenters. The van der Waals surface area contributed by atoms with Crippen molar-refractivity contribution in [1.82, 2.24) is 24.9 Å². The van der Waals surface area contributed by atoms with E-state index in [4.69, 9.17) is 5.10 Å². The van der Waals surface area contributed by atoms with E-state index in [9.17, 15) is 9.18 Å². The van der Waals surface area contributed by atoms with Gasteiger partial charge in [0.25, 0.3) is 5.91 Å². The Morgan fingerprint density at radius 3 is 2.58 bits per heavy atom. The SMILES string of the molecule is CN(CCCc1cc(-c2ccc(F)cc2)n[nH]1)C(=O)c1cc(C2CC2)nn1C(C)(C)C. The van der Waals surface area contributed by atoms with Gasteiger partial charge in [-0.25, -0.2) is 4.39 Å². The predicted octanol–water partition coefficient (Wildman–Crippen LogP) is 4.75. The first-order valence-electron chi connectivity index (χ1n) is 10.9. The molecule has 2 aromatic heterocycles. The lowest BCUT2D eigenvalue weighted by Crippen LogP contribution is -2.34. The minimum Gasteiger partial charge on any atom is -0.340 e. The highest BCUT2D eigenvalue weighted by Crippen LogP contribution is 2.40. The highest BCUT2D eigenvalue weighted by Gasteiger charge is 2.32. The van der Waals surface area contributed by atoms with Crippen LogP contribution in [0.25, 0.3) is 11.3 Å². The van der Waals surface area contributed by atoms with Crippen molar-refractivity contribution in [3.05, 3.63) is 59.3 Å². The lowest BCUT2D eigenvalue weighted by atomic mass is 10.1. The number of nitrogens with one attached hydrogen (secondary N) is 1. The number of carbonyl (C=O) groups is 1. The second-order valence-corrected chi connectivity index (χ2v) is 9.43. The smallest absolute Gasteiger partial charge is 0.271 e. The zero-order chi connectivity index (χ0) is 22.2. The number of aryl methyl sites for hydroxylation is 1. The number of H-pyrrole nitrogens is 1. The first-order chi connectivity index (χ1) is 14.7. The maximum Gasteiger partial charge on any atom is 0.271 e. The summed E-state index contributed by atoms with van der Waals surface area (Å²) in [4.78, 5) is 14.9. The molecule has 2 heterocycles. The molecule has 4 rings (SSSR count). The van der Waals surface area contributed by atoms with Crippen LogP contribution in [0.5, 0.6) is 0 Å². The minimum atomic E-state index is -0.260. The Kier molecular flexibility index (Phi) is 5.69. The second kappa shape index (κ2) is 8.29. The van der Waals surface area contributed by atoms with Gasteiger partial charge in [-0.1, -0.05) is 0 Å². The molecule has 1 aliphatic carbocycles. The summed E-state index contributed by atoms with van der Waals surface area (Å²) in [5.74, 6) is 0.256. The summed E-state index contributed by atoms with van der Waals surface area (Å²) in [7, 11) is 1.84. The number of amides is 1. The van der Waals surface area contributed by atoms with Crippen molar-refractivity contribution in [2.75, 3.05) is 13.6 Å². The van der Waals surface area contributed by atoms with Crippen LogP contribution < -0.4 is 0 Å². The summed E-state index contributed by atoms with van der Waals surface area (Å²) in [6, 6.07) is 10.3. The van der Waals surface area contributed by atoms with Crippen LogP contribution in [0, 0.1) is 5.82 Å². The first-order valence-corrected chi connectivity index (χ1v) is 10.9. The van der Waals surface area contributed by atoms with E-state index < -0.39 is 0 Å². The van der Waals surface area contributed by atoms with Crippen molar-refractivity contribution < 1.29 is 9.18 Å². The number of nitrogens with zero attached hydrogens (tertiary/aromatic N) is 4. The number of aromatic nitrogens is 4. The number of rotatable bonds is 7. The zero-order valence-corrected chi connectivity index (χ0v) is 18.7. The fraction of sp³-hybridized carbons (Fsp3) is 0.458. The van der Waals surface area contributed by atoms with Crippen LogP contribution in [0.2, 0.25) is 0 Å². The Balaban J connectivity index is 1.37. The Morgan fingerprint density at radius 1 is 1.23 bits per heavy atom. The van der Waals surface area contributed by atoms with Crippen LogP contribution >= 0.6 is 0 Å². The molecule has 1 aromatic carbocycles. The largest absolute Gasteiger partial charge is 0.340 e. The molecule has 0 aliphatic heterocycles. The molecule has 0 atom stereocenters. The number of halogens is 1. The summed E-state index contributed by atoms with van der Waals surface area (Å²) in [6.07, 6.45) is 3.91. The minimum absolute atomic E-state index is 0.00550. The fourth-order valence-electron chi connectivity index (χ4n) is 3.70. The van der Waals surface area contributed by atoms with E-state index in [-0.39, 0.29) is 17.3 Å². The number of hydrogen-bond donors (Lipinski definition) is 1. The third-order valence-electron chi connectivity index (χ3n) is 5.64. The van der Waals surface area contributed by atoms with E-state index in [1.54, 1.807) is 17.0 Å². The molecule has 7 heteroatoms. The molecular formula is C24H30FN5O. The molecule has 31 heavy (non-hydrogen) atoms. The van der Waals surface area contributed by atoms with E-state index >= 15 is 0 Å². The van der Waals surface area contributed by atoms with E-state index in [2.05, 4.69) is 31.0 Å². The van der Waals surface area contributed by atoms with Crippen molar-refractivity contribution in [3.63, 3.8) is 0 Å². The van der Waals surface area contributed by atoms with Gasteiger partial charge >= 0.3 is 0 Å². The summed E-state index contributed by atoms with van der Waals surface area (Å²) < 4.78 is 15.0. The summed E-state index contributed by atoms with van der Waals surface area (Å²) >= 11 is 0. The Bertz CT molecular complexity index is 1060. The van der Waals surface area contributed by atoms with E-state index in [0.717, 1.165) is 48.3 Å². The van der Waals surface area contributed by atoms with Crippen molar-refractivity contribution in [2.45, 2.75) is 57.9 Å². The van der Waals surface area contributed by atoms with Crippen molar-refractivity contribution in [3.8, 4) is 11.3 Å². The molecule has 0 bridgehead atoms. The number of carbonyl (C=O) groups excluding carboxylic acids is 1. The van der Waals surface area contributed by atoms with Gasteiger partial charge < -0.3 is 4.90 Å². The quantitative estimate of drug-likeness (QED) is 0.596. The van der Waals surface area contributed by atoms with Gasteiger partial charge in [0.15, 0.2) is 0 Å². The maximum atomic E-state index is 13.1. The van der Waals surface area contributed by atoms with Crippen LogP contribution in [0.4, 0.5) is 4.39 Å². The second-order valence-electron chi connectivity index (χ2n) is 9.43. The topological polar surface area (TPSA) is 66.8 Å². The summed E-state index contributed by atoms with van der Waals surface area (Å²) in [5, 5.41) is 12.1. The number of aromatic amines is 1. The summed E-state index contributed by atoms with van der Waals surface area (Å²) in [5.41, 5.74) is 4.12. The first kappa shape index (κ1) is 21.3. The summed E-state index contributed by atoms with van der Waals surface area (Å²) in [6.45, 7) is 6.86. The molecular weight excluding hydrogens is 393 g/mol. The van der Waals surface area contributed by atoms with Gasteiger partial charge in [-0.3, -0.25) is 14.6 Å². The number of hydrogen-bond acceptors (Lipinski definition) is 3. The molecule has 1 amide bonds. The van der Waals surface area contributed by atoms with Gasteiger partial charge in [0.1, 0.15) is 11.5 Å². The average Bonchev–Trinajstić information content (AvgIpc) is 3.29. The molecule has 6 nitrogen and oxygen atoms in total. The molecule has 0 radical (unpaired) electrons. The lowest BCUT2D eigenvalue weighted by molar-refractivity contribution is 0.0773. The van der Waals surface area contributed by atoms with Crippen LogP contribution in [-0.4, -0.2) is 44.4 Å². The monoisotopic (exact) mass is 423 g/mol. The van der Waals surface area contributed by atoms with E-state index in [1.807, 2.05) is 23.9 Å². The standard InChI is InChI=1S/C24H30FN5O/c1-24(2,3)30-22(15-21(28-30)17-7-8-17)23(31)29(4)13-5-6-19-14-20(27-26-19)16-9-11-18(25)12-10-16/h9-12,14-15,17H,5-8,13H2,1-4H3,(H,26,27). The Morgan fingerprint density at radius 2 is 1.94 bits per heavy atom. The van der Waals surface area contributed by atoms with Gasteiger partial charge in [0.2, 0.25) is 0 Å². The van der Waals surface area contributed by atoms with E-state index in [0.29, 0.717) is 18.2 Å². The molecule has 3 aromatic rings. The third-order valence-corrected chi connectivity index (χ3v) is 5.64. The van der Waals surface area contributed by atoms with Gasteiger partial charge in [0, 0.05) is 30.8 Å². The van der Waals surface area contributed by atoms with Crippen LogP contribution in [-0.2, 0) is 12.0 Å². The van der Waals surface area contributed by atoms with Gasteiger partial charge in [-0.15, -0.1) is 0 Å². The Labute approximate surface area is 182 Å². The normalized spacial score (nSPS) is 14.1. The van der Waals surface area contributed by atoms with Crippen LogP contribution in [0.3, 0.4) is 0 Å². The van der Waals surface area contributed by atoms with Crippen molar-refractivity contribution >= 4 is 5.91 Å². The Hall–Kier alpha value is -2.96.